The molecule has 2 aromatic rings. The molecule has 2 rings (SSSR count). The first-order valence-corrected chi connectivity index (χ1v) is 6.11. The Morgan fingerprint density at radius 1 is 1.05 bits per heavy atom. The largest absolute Gasteiger partial charge is 0.493 e. The molecular weight excluding hydrogens is 282 g/mol. The first-order valence-electron chi connectivity index (χ1n) is 5.73. The highest BCUT2D eigenvalue weighted by molar-refractivity contribution is 6.28. The summed E-state index contributed by atoms with van der Waals surface area (Å²) in [5, 5.41) is 3.26. The first kappa shape index (κ1) is 14.2. The van der Waals surface area contributed by atoms with E-state index in [1.165, 1.54) is 0 Å². The third kappa shape index (κ3) is 3.03. The fourth-order valence-corrected chi connectivity index (χ4v) is 1.85. The molecule has 0 atom stereocenters. The zero-order valence-electron chi connectivity index (χ0n) is 11.3. The van der Waals surface area contributed by atoms with E-state index in [9.17, 15) is 0 Å². The van der Waals surface area contributed by atoms with Crippen LogP contribution in [-0.4, -0.2) is 31.3 Å². The van der Waals surface area contributed by atoms with Crippen molar-refractivity contribution < 1.29 is 14.2 Å². The van der Waals surface area contributed by atoms with E-state index >= 15 is 0 Å². The molecule has 0 aliphatic carbocycles. The Kier molecular flexibility index (Phi) is 4.47. The van der Waals surface area contributed by atoms with Gasteiger partial charge in [-0.3, -0.25) is 0 Å². The van der Waals surface area contributed by atoms with Gasteiger partial charge in [-0.2, -0.15) is 0 Å². The zero-order chi connectivity index (χ0) is 14.5. The number of benzene rings is 1. The normalized spacial score (nSPS) is 10.0. The molecule has 0 aliphatic rings. The van der Waals surface area contributed by atoms with E-state index in [1.54, 1.807) is 45.7 Å². The predicted octanol–water partition coefficient (Wildman–Crippen LogP) is 2.90. The molecule has 0 bridgehead atoms. The fraction of sp³-hybridized carbons (Fsp3) is 0.231. The van der Waals surface area contributed by atoms with Crippen LogP contribution < -0.4 is 19.5 Å². The number of halogens is 1. The van der Waals surface area contributed by atoms with Crippen LogP contribution in [0.15, 0.2) is 24.4 Å². The van der Waals surface area contributed by atoms with Gasteiger partial charge in [0, 0.05) is 24.0 Å². The molecule has 1 aromatic heterocycles. The maximum Gasteiger partial charge on any atom is 0.224 e. The molecule has 1 N–H and O–H groups in total. The molecule has 0 unspecified atom stereocenters. The molecule has 0 radical (unpaired) electrons. The van der Waals surface area contributed by atoms with Crippen LogP contribution in [0.4, 0.5) is 11.5 Å². The summed E-state index contributed by atoms with van der Waals surface area (Å²) in [4.78, 5) is 7.87. The van der Waals surface area contributed by atoms with Crippen LogP contribution in [0.25, 0.3) is 0 Å². The number of hydrogen-bond donors (Lipinski definition) is 1. The number of nitrogens with zero attached hydrogens (tertiary/aromatic N) is 2. The minimum absolute atomic E-state index is 0.169. The Balaban J connectivity index is 2.37. The third-order valence-electron chi connectivity index (χ3n) is 2.56. The molecule has 0 saturated heterocycles. The van der Waals surface area contributed by atoms with Crippen LogP contribution in [-0.2, 0) is 0 Å². The van der Waals surface area contributed by atoms with Crippen LogP contribution in [0.3, 0.4) is 0 Å². The average molecular weight is 296 g/mol. The lowest BCUT2D eigenvalue weighted by molar-refractivity contribution is 0.324. The van der Waals surface area contributed by atoms with Gasteiger partial charge in [-0.1, -0.05) is 0 Å². The molecule has 0 saturated carbocycles. The van der Waals surface area contributed by atoms with Crippen LogP contribution in [0.1, 0.15) is 0 Å². The second-order valence-electron chi connectivity index (χ2n) is 3.75. The van der Waals surface area contributed by atoms with Gasteiger partial charge in [0.15, 0.2) is 11.5 Å². The van der Waals surface area contributed by atoms with Gasteiger partial charge < -0.3 is 19.5 Å². The van der Waals surface area contributed by atoms with Crippen LogP contribution in [0, 0.1) is 0 Å². The van der Waals surface area contributed by atoms with Crippen molar-refractivity contribution in [2.75, 3.05) is 26.6 Å². The van der Waals surface area contributed by atoms with Crippen LogP contribution in [0.2, 0.25) is 5.28 Å². The van der Waals surface area contributed by atoms with E-state index in [4.69, 9.17) is 25.8 Å². The molecule has 1 heterocycles. The van der Waals surface area contributed by atoms with Gasteiger partial charge in [0.25, 0.3) is 0 Å². The summed E-state index contributed by atoms with van der Waals surface area (Å²) in [5.74, 6) is 2.20. The fourth-order valence-electron chi connectivity index (χ4n) is 1.71. The maximum absolute atomic E-state index is 5.74. The topological polar surface area (TPSA) is 65.5 Å². The SMILES string of the molecule is COc1cc(Nc2ccnc(Cl)n2)cc(OC)c1OC. The average Bonchev–Trinajstić information content (AvgIpc) is 2.46. The Bertz CT molecular complexity index is 582. The summed E-state index contributed by atoms with van der Waals surface area (Å²) in [6, 6.07) is 5.25. The van der Waals surface area contributed by atoms with Crippen molar-refractivity contribution in [3.05, 3.63) is 29.7 Å². The lowest BCUT2D eigenvalue weighted by Crippen LogP contribution is -1.99. The summed E-state index contributed by atoms with van der Waals surface area (Å²) >= 11 is 5.74. The van der Waals surface area contributed by atoms with Gasteiger partial charge in [0.05, 0.1) is 21.3 Å². The van der Waals surface area contributed by atoms with Gasteiger partial charge >= 0.3 is 0 Å². The summed E-state index contributed by atoms with van der Waals surface area (Å²) < 4.78 is 15.8. The Morgan fingerprint density at radius 2 is 1.70 bits per heavy atom. The number of anilines is 2. The second kappa shape index (κ2) is 6.29. The summed E-state index contributed by atoms with van der Waals surface area (Å²) in [7, 11) is 4.67. The molecular formula is C13H14ClN3O3. The third-order valence-corrected chi connectivity index (χ3v) is 2.75. The zero-order valence-corrected chi connectivity index (χ0v) is 12.1. The highest BCUT2D eigenvalue weighted by atomic mass is 35.5. The molecule has 0 aliphatic heterocycles. The lowest BCUT2D eigenvalue weighted by Gasteiger charge is -2.14. The Morgan fingerprint density at radius 3 is 2.20 bits per heavy atom. The van der Waals surface area contributed by atoms with Crippen LogP contribution in [0.5, 0.6) is 17.2 Å². The number of ether oxygens (including phenoxy) is 3. The molecule has 1 aromatic carbocycles. The minimum Gasteiger partial charge on any atom is -0.493 e. The van der Waals surface area contributed by atoms with Crippen molar-refractivity contribution >= 4 is 23.1 Å². The quantitative estimate of drug-likeness (QED) is 0.856. The number of hydrogen-bond acceptors (Lipinski definition) is 6. The standard InChI is InChI=1S/C13H14ClN3O3/c1-18-9-6-8(7-10(19-2)12(9)20-3)16-11-4-5-15-13(14)17-11/h4-7H,1-3H3,(H,15,16,17). The van der Waals surface area contributed by atoms with E-state index in [2.05, 4.69) is 15.3 Å². The molecule has 0 spiro atoms. The molecule has 20 heavy (non-hydrogen) atoms. The van der Waals surface area contributed by atoms with E-state index in [0.717, 1.165) is 5.69 Å². The highest BCUT2D eigenvalue weighted by Crippen LogP contribution is 2.40. The number of aromatic nitrogens is 2. The van der Waals surface area contributed by atoms with E-state index in [1.807, 2.05) is 0 Å². The van der Waals surface area contributed by atoms with Gasteiger partial charge in [-0.15, -0.1) is 0 Å². The molecule has 0 fully saturated rings. The minimum atomic E-state index is 0.169. The second-order valence-corrected chi connectivity index (χ2v) is 4.09. The van der Waals surface area contributed by atoms with Gasteiger partial charge in [0.2, 0.25) is 11.0 Å². The maximum atomic E-state index is 5.74. The summed E-state index contributed by atoms with van der Waals surface area (Å²) in [6.07, 6.45) is 1.57. The molecule has 7 heteroatoms. The van der Waals surface area contributed by atoms with Gasteiger partial charge in [-0.25, -0.2) is 9.97 Å². The molecule has 0 amide bonds. The highest BCUT2D eigenvalue weighted by Gasteiger charge is 2.13. The number of nitrogens with one attached hydrogen (secondary N) is 1. The molecule has 6 nitrogen and oxygen atoms in total. The predicted molar refractivity (Wildman–Crippen MR) is 76.4 cm³/mol. The lowest BCUT2D eigenvalue weighted by atomic mass is 10.2. The van der Waals surface area contributed by atoms with Crippen molar-refractivity contribution in [2.45, 2.75) is 0 Å². The van der Waals surface area contributed by atoms with E-state index in [0.29, 0.717) is 23.1 Å². The van der Waals surface area contributed by atoms with Crippen molar-refractivity contribution in [1.29, 1.82) is 0 Å². The summed E-state index contributed by atoms with van der Waals surface area (Å²) in [6.45, 7) is 0. The monoisotopic (exact) mass is 295 g/mol. The van der Waals surface area contributed by atoms with Crippen molar-refractivity contribution in [2.24, 2.45) is 0 Å². The van der Waals surface area contributed by atoms with Crippen molar-refractivity contribution in [3.63, 3.8) is 0 Å². The smallest absolute Gasteiger partial charge is 0.224 e. The number of rotatable bonds is 5. The van der Waals surface area contributed by atoms with Crippen LogP contribution >= 0.6 is 11.6 Å². The Hall–Kier alpha value is -2.21. The Labute approximate surface area is 121 Å². The number of methoxy groups -OCH3 is 3. The summed E-state index contributed by atoms with van der Waals surface area (Å²) in [5.41, 5.74) is 0.731. The van der Waals surface area contributed by atoms with Gasteiger partial charge in [-0.05, 0) is 17.7 Å². The van der Waals surface area contributed by atoms with Crippen molar-refractivity contribution in [3.8, 4) is 17.2 Å². The van der Waals surface area contributed by atoms with E-state index < -0.39 is 0 Å². The molecule has 106 valence electrons. The van der Waals surface area contributed by atoms with E-state index in [-0.39, 0.29) is 5.28 Å². The first-order chi connectivity index (χ1) is 9.67. The van der Waals surface area contributed by atoms with Gasteiger partial charge in [0.1, 0.15) is 5.82 Å². The van der Waals surface area contributed by atoms with Crippen molar-refractivity contribution in [1.82, 2.24) is 9.97 Å².